The monoisotopic (exact) mass is 535 g/mol. The molecule has 0 spiro atoms. The molecule has 0 atom stereocenters. The smallest absolute Gasteiger partial charge is 0.245 e. The Labute approximate surface area is 202 Å². The first-order valence-electron chi connectivity index (χ1n) is 9.92. The van der Waals surface area contributed by atoms with E-state index >= 15 is 0 Å². The summed E-state index contributed by atoms with van der Waals surface area (Å²) in [6.07, 6.45) is 0.883. The van der Waals surface area contributed by atoms with Crippen LogP contribution in [0, 0.1) is 5.82 Å². The lowest BCUT2D eigenvalue weighted by molar-refractivity contribution is -0.114. The zero-order valence-electron chi connectivity index (χ0n) is 18.3. The van der Waals surface area contributed by atoms with Crippen LogP contribution in [0.15, 0.2) is 41.3 Å². The fourth-order valence-corrected chi connectivity index (χ4v) is 5.70. The molecule has 0 radical (unpaired) electrons. The average molecular weight is 536 g/mol. The van der Waals surface area contributed by atoms with Gasteiger partial charge in [-0.1, -0.05) is 11.6 Å². The Morgan fingerprint density at radius 1 is 1.18 bits per heavy atom. The summed E-state index contributed by atoms with van der Waals surface area (Å²) in [6, 6.07) is 7.21. The van der Waals surface area contributed by atoms with Gasteiger partial charge in [-0.25, -0.2) is 21.2 Å². The number of nitrogens with one attached hydrogen (secondary N) is 1. The van der Waals surface area contributed by atoms with Crippen LogP contribution < -0.4 is 14.4 Å². The van der Waals surface area contributed by atoms with Crippen LogP contribution >= 0.6 is 11.6 Å². The summed E-state index contributed by atoms with van der Waals surface area (Å²) in [7, 11) is -6.47. The molecule has 34 heavy (non-hydrogen) atoms. The number of amides is 1. The first-order valence-corrected chi connectivity index (χ1v) is 13.6. The third-order valence-electron chi connectivity index (χ3n) is 4.93. The molecule has 0 aliphatic carbocycles. The predicted molar refractivity (Wildman–Crippen MR) is 125 cm³/mol. The average Bonchev–Trinajstić information content (AvgIpc) is 2.79. The summed E-state index contributed by atoms with van der Waals surface area (Å²) in [6.45, 7) is 0.255. The molecule has 1 aliphatic heterocycles. The van der Waals surface area contributed by atoms with Gasteiger partial charge in [0.05, 0.1) is 47.9 Å². The number of hydrogen-bond acceptors (Lipinski definition) is 7. The fourth-order valence-electron chi connectivity index (χ4n) is 3.24. The second-order valence-electron chi connectivity index (χ2n) is 7.29. The maximum atomic E-state index is 13.5. The molecule has 10 nitrogen and oxygen atoms in total. The van der Waals surface area contributed by atoms with Gasteiger partial charge in [-0.05, 0) is 36.4 Å². The molecule has 1 aliphatic rings. The summed E-state index contributed by atoms with van der Waals surface area (Å²) in [5.41, 5.74) is 0.0204. The van der Waals surface area contributed by atoms with Gasteiger partial charge in [0.1, 0.15) is 18.1 Å². The number of ether oxygens (including phenoxy) is 2. The lowest BCUT2D eigenvalue weighted by Gasteiger charge is -2.26. The first-order chi connectivity index (χ1) is 15.9. The highest BCUT2D eigenvalue weighted by Crippen LogP contribution is 2.30. The number of halogens is 2. The van der Waals surface area contributed by atoms with Crippen molar-refractivity contribution in [2.45, 2.75) is 4.90 Å². The van der Waals surface area contributed by atoms with Crippen LogP contribution in [0.2, 0.25) is 5.02 Å². The maximum absolute atomic E-state index is 13.5. The van der Waals surface area contributed by atoms with Gasteiger partial charge >= 0.3 is 0 Å². The number of methoxy groups -OCH3 is 1. The quantitative estimate of drug-likeness (QED) is 0.548. The highest BCUT2D eigenvalue weighted by molar-refractivity contribution is 7.92. The molecule has 186 valence electrons. The number of hydrogen-bond donors (Lipinski definition) is 1. The van der Waals surface area contributed by atoms with Gasteiger partial charge in [-0.3, -0.25) is 9.10 Å². The number of benzene rings is 2. The van der Waals surface area contributed by atoms with Crippen LogP contribution in [0.25, 0.3) is 0 Å². The molecule has 1 N–H and O–H groups in total. The Balaban J connectivity index is 1.87. The van der Waals surface area contributed by atoms with E-state index in [9.17, 15) is 26.0 Å². The number of nitrogens with zero attached hydrogens (tertiary/aromatic N) is 2. The van der Waals surface area contributed by atoms with E-state index in [0.717, 1.165) is 22.7 Å². The predicted octanol–water partition coefficient (Wildman–Crippen LogP) is 1.91. The second-order valence-corrected chi connectivity index (χ2v) is 11.5. The number of morpholine rings is 1. The molecule has 1 fully saturated rings. The Bertz CT molecular complexity index is 1280. The number of sulfonamides is 2. The Morgan fingerprint density at radius 3 is 2.44 bits per heavy atom. The van der Waals surface area contributed by atoms with E-state index in [1.54, 1.807) is 0 Å². The van der Waals surface area contributed by atoms with E-state index in [1.165, 1.54) is 35.7 Å². The van der Waals surface area contributed by atoms with Crippen molar-refractivity contribution in [3.8, 4) is 5.75 Å². The van der Waals surface area contributed by atoms with E-state index in [-0.39, 0.29) is 53.3 Å². The normalized spacial score (nSPS) is 15.1. The van der Waals surface area contributed by atoms with Crippen LogP contribution in [-0.2, 0) is 29.6 Å². The topological polar surface area (TPSA) is 122 Å². The van der Waals surface area contributed by atoms with Crippen LogP contribution in [0.4, 0.5) is 15.8 Å². The van der Waals surface area contributed by atoms with Gasteiger partial charge in [-0.2, -0.15) is 4.31 Å². The van der Waals surface area contributed by atoms with Crippen LogP contribution in [0.5, 0.6) is 5.75 Å². The molecule has 1 amide bonds. The van der Waals surface area contributed by atoms with E-state index < -0.39 is 38.3 Å². The molecule has 2 aromatic rings. The van der Waals surface area contributed by atoms with E-state index in [2.05, 4.69) is 5.32 Å². The lowest BCUT2D eigenvalue weighted by Crippen LogP contribution is -2.40. The number of anilines is 2. The molecule has 0 unspecified atom stereocenters. The summed E-state index contributed by atoms with van der Waals surface area (Å²) >= 11 is 5.76. The minimum Gasteiger partial charge on any atom is -0.495 e. The lowest BCUT2D eigenvalue weighted by atomic mass is 10.3. The molecule has 0 bridgehead atoms. The van der Waals surface area contributed by atoms with Crippen molar-refractivity contribution in [3.63, 3.8) is 0 Å². The van der Waals surface area contributed by atoms with Gasteiger partial charge in [0, 0.05) is 13.1 Å². The molecule has 1 saturated heterocycles. The summed E-state index contributed by atoms with van der Waals surface area (Å²) in [5.74, 6) is -1.36. The summed E-state index contributed by atoms with van der Waals surface area (Å²) in [5, 5.41) is 2.18. The standard InChI is InChI=1S/C20H23ClFN3O7S2/c1-31-19-6-4-15(34(29,30)24-7-9-32-10-8-24)12-18(19)23-20(26)13-25(33(2,27)28)14-3-5-17(22)16(21)11-14/h3-6,11-12H,7-10,13H2,1-2H3,(H,23,26). The highest BCUT2D eigenvalue weighted by Gasteiger charge is 2.28. The third-order valence-corrected chi connectivity index (χ3v) is 8.26. The van der Waals surface area contributed by atoms with Crippen LogP contribution in [-0.4, -0.2) is 73.3 Å². The summed E-state index contributed by atoms with van der Waals surface area (Å²) < 4.78 is 76.4. The number of rotatable bonds is 8. The Morgan fingerprint density at radius 2 is 1.85 bits per heavy atom. The molecular weight excluding hydrogens is 513 g/mol. The van der Waals surface area contributed by atoms with Crippen molar-refractivity contribution in [3.05, 3.63) is 47.2 Å². The molecule has 14 heteroatoms. The minimum atomic E-state index is -3.95. The van der Waals surface area contributed by atoms with Crippen molar-refractivity contribution in [2.75, 3.05) is 55.8 Å². The zero-order valence-corrected chi connectivity index (χ0v) is 20.7. The molecule has 3 rings (SSSR count). The minimum absolute atomic E-state index is 0.0142. The van der Waals surface area contributed by atoms with Gasteiger partial charge < -0.3 is 14.8 Å². The van der Waals surface area contributed by atoms with Crippen molar-refractivity contribution in [1.29, 1.82) is 0 Å². The third kappa shape index (κ3) is 5.96. The van der Waals surface area contributed by atoms with E-state index in [1.807, 2.05) is 0 Å². The fraction of sp³-hybridized carbons (Fsp3) is 0.350. The van der Waals surface area contributed by atoms with Crippen LogP contribution in [0.3, 0.4) is 0 Å². The molecule has 0 saturated carbocycles. The van der Waals surface area contributed by atoms with E-state index in [4.69, 9.17) is 21.1 Å². The van der Waals surface area contributed by atoms with Gasteiger partial charge in [-0.15, -0.1) is 0 Å². The molecule has 0 aromatic heterocycles. The Kier molecular flexibility index (Phi) is 8.03. The van der Waals surface area contributed by atoms with Crippen LogP contribution in [0.1, 0.15) is 0 Å². The number of carbonyl (C=O) groups is 1. The maximum Gasteiger partial charge on any atom is 0.245 e. The van der Waals surface area contributed by atoms with Gasteiger partial charge in [0.25, 0.3) is 0 Å². The van der Waals surface area contributed by atoms with Crippen molar-refractivity contribution >= 4 is 48.9 Å². The molecule has 1 heterocycles. The van der Waals surface area contributed by atoms with Crippen molar-refractivity contribution < 1.29 is 35.5 Å². The van der Waals surface area contributed by atoms with Crippen molar-refractivity contribution in [2.24, 2.45) is 0 Å². The molecule has 2 aromatic carbocycles. The van der Waals surface area contributed by atoms with Gasteiger partial charge in [0.2, 0.25) is 26.0 Å². The second kappa shape index (κ2) is 10.4. The summed E-state index contributed by atoms with van der Waals surface area (Å²) in [4.78, 5) is 12.7. The molecular formula is C20H23ClFN3O7S2. The van der Waals surface area contributed by atoms with Crippen molar-refractivity contribution in [1.82, 2.24) is 4.31 Å². The Hall–Kier alpha value is -2.45. The first kappa shape index (κ1) is 26.2. The number of carbonyl (C=O) groups excluding carboxylic acids is 1. The SMILES string of the molecule is COc1ccc(S(=O)(=O)N2CCOCC2)cc1NC(=O)CN(c1ccc(F)c(Cl)c1)S(C)(=O)=O. The van der Waals surface area contributed by atoms with E-state index in [0.29, 0.717) is 0 Å². The van der Waals surface area contributed by atoms with Gasteiger partial charge in [0.15, 0.2) is 0 Å². The largest absolute Gasteiger partial charge is 0.495 e. The highest BCUT2D eigenvalue weighted by atomic mass is 35.5. The zero-order chi connectivity index (χ0) is 25.1.